The summed E-state index contributed by atoms with van der Waals surface area (Å²) in [6.45, 7) is 16.0. The molecule has 196 valence electrons. The molecule has 1 aromatic rings. The number of carbonyl (C=O) groups excluding carboxylic acids is 3. The van der Waals surface area contributed by atoms with Gasteiger partial charge in [-0.1, -0.05) is 32.9 Å². The summed E-state index contributed by atoms with van der Waals surface area (Å²) in [5.74, 6) is -0.396. The SMILES string of the molecule is CCOC(=O)CC[C@H](NC(=O)c1ccc([C@@H]2CC[C@H]2CO[Si](C)(C)C(C)(C)C)cc1)C(=O)OCC. The van der Waals surface area contributed by atoms with Crippen molar-refractivity contribution in [1.29, 1.82) is 0 Å². The summed E-state index contributed by atoms with van der Waals surface area (Å²) >= 11 is 0. The van der Waals surface area contributed by atoms with Crippen LogP contribution in [0.4, 0.5) is 0 Å². The molecule has 1 saturated carbocycles. The summed E-state index contributed by atoms with van der Waals surface area (Å²) in [7, 11) is -1.77. The number of esters is 2. The molecular weight excluding hydrogens is 462 g/mol. The average Bonchev–Trinajstić information content (AvgIpc) is 2.75. The molecule has 3 atom stereocenters. The van der Waals surface area contributed by atoms with Crippen LogP contribution in [0.2, 0.25) is 18.1 Å². The molecule has 0 saturated heterocycles. The zero-order valence-electron chi connectivity index (χ0n) is 22.4. The Balaban J connectivity index is 1.98. The molecular formula is C27H43NO6Si. The van der Waals surface area contributed by atoms with Gasteiger partial charge in [0.05, 0.1) is 13.2 Å². The summed E-state index contributed by atoms with van der Waals surface area (Å²) in [4.78, 5) is 36.8. The van der Waals surface area contributed by atoms with Crippen LogP contribution in [0, 0.1) is 5.92 Å². The minimum atomic E-state index is -1.77. The smallest absolute Gasteiger partial charge is 0.328 e. The molecule has 2 rings (SSSR count). The van der Waals surface area contributed by atoms with E-state index in [1.165, 1.54) is 5.56 Å². The topological polar surface area (TPSA) is 90.9 Å². The number of hydrogen-bond donors (Lipinski definition) is 1. The molecule has 7 nitrogen and oxygen atoms in total. The van der Waals surface area contributed by atoms with Crippen molar-refractivity contribution in [2.24, 2.45) is 5.92 Å². The molecule has 1 aliphatic carbocycles. The third-order valence-corrected chi connectivity index (χ3v) is 11.8. The Morgan fingerprint density at radius 3 is 2.17 bits per heavy atom. The summed E-state index contributed by atoms with van der Waals surface area (Å²) in [5.41, 5.74) is 1.67. The van der Waals surface area contributed by atoms with Crippen LogP contribution >= 0.6 is 0 Å². The predicted octanol–water partition coefficient (Wildman–Crippen LogP) is 5.21. The molecule has 8 heteroatoms. The first-order valence-electron chi connectivity index (χ1n) is 12.8. The number of carbonyl (C=O) groups is 3. The molecule has 0 unspecified atom stereocenters. The van der Waals surface area contributed by atoms with E-state index in [-0.39, 0.29) is 37.0 Å². The standard InChI is InChI=1S/C27H43NO6Si/c1-8-32-24(29)17-16-23(26(31)33-9-2)28-25(30)20-12-10-19(11-13-20)22-15-14-21(22)18-34-35(6,7)27(3,4)5/h10-13,21-23H,8-9,14-18H2,1-7H3,(H,28,30)/t21-,22-,23-/m0/s1. The summed E-state index contributed by atoms with van der Waals surface area (Å²) in [6, 6.07) is 6.67. The number of benzene rings is 1. The lowest BCUT2D eigenvalue weighted by Gasteiger charge is -2.42. The average molecular weight is 506 g/mol. The fraction of sp³-hybridized carbons (Fsp3) is 0.667. The highest BCUT2D eigenvalue weighted by Gasteiger charge is 2.40. The minimum Gasteiger partial charge on any atom is -0.466 e. The molecule has 1 fully saturated rings. The second-order valence-corrected chi connectivity index (χ2v) is 15.6. The normalized spacial score (nSPS) is 18.8. The fourth-order valence-corrected chi connectivity index (χ4v) is 4.91. The number of ether oxygens (including phenoxy) is 2. The summed E-state index contributed by atoms with van der Waals surface area (Å²) in [5, 5.41) is 2.91. The zero-order valence-corrected chi connectivity index (χ0v) is 23.4. The van der Waals surface area contributed by atoms with E-state index in [0.717, 1.165) is 19.4 Å². The van der Waals surface area contributed by atoms with Crippen LogP contribution in [-0.4, -0.2) is 52.0 Å². The maximum absolute atomic E-state index is 12.8. The van der Waals surface area contributed by atoms with Crippen molar-refractivity contribution in [3.8, 4) is 0 Å². The number of nitrogens with one attached hydrogen (secondary N) is 1. The van der Waals surface area contributed by atoms with Gasteiger partial charge >= 0.3 is 11.9 Å². The van der Waals surface area contributed by atoms with Gasteiger partial charge in [-0.3, -0.25) is 9.59 Å². The van der Waals surface area contributed by atoms with Gasteiger partial charge in [-0.05, 0) is 80.8 Å². The Hall–Kier alpha value is -2.19. The lowest BCUT2D eigenvalue weighted by atomic mass is 9.70. The Labute approximate surface area is 211 Å². The Morgan fingerprint density at radius 1 is 1.03 bits per heavy atom. The molecule has 0 bridgehead atoms. The molecule has 0 spiro atoms. The van der Waals surface area contributed by atoms with Gasteiger partial charge in [-0.15, -0.1) is 0 Å². The van der Waals surface area contributed by atoms with Gasteiger partial charge in [0, 0.05) is 18.6 Å². The lowest BCUT2D eigenvalue weighted by molar-refractivity contribution is -0.146. The van der Waals surface area contributed by atoms with E-state index in [1.54, 1.807) is 26.0 Å². The van der Waals surface area contributed by atoms with Gasteiger partial charge in [0.25, 0.3) is 5.91 Å². The summed E-state index contributed by atoms with van der Waals surface area (Å²) in [6.07, 6.45) is 2.43. The van der Waals surface area contributed by atoms with Crippen molar-refractivity contribution in [2.75, 3.05) is 19.8 Å². The second kappa shape index (κ2) is 12.7. The van der Waals surface area contributed by atoms with E-state index in [4.69, 9.17) is 13.9 Å². The van der Waals surface area contributed by atoms with Gasteiger partial charge in [-0.25, -0.2) is 4.79 Å². The molecule has 0 radical (unpaired) electrons. The second-order valence-electron chi connectivity index (χ2n) is 10.8. The third kappa shape index (κ3) is 8.17. The van der Waals surface area contributed by atoms with Gasteiger partial charge in [0.2, 0.25) is 0 Å². The molecule has 35 heavy (non-hydrogen) atoms. The van der Waals surface area contributed by atoms with E-state index in [2.05, 4.69) is 39.2 Å². The van der Waals surface area contributed by atoms with E-state index in [1.807, 2.05) is 12.1 Å². The van der Waals surface area contributed by atoms with Crippen molar-refractivity contribution in [3.05, 3.63) is 35.4 Å². The van der Waals surface area contributed by atoms with Crippen molar-refractivity contribution in [2.45, 2.75) is 90.4 Å². The molecule has 1 aliphatic rings. The summed E-state index contributed by atoms with van der Waals surface area (Å²) < 4.78 is 16.4. The first kappa shape index (κ1) is 29.0. The highest BCUT2D eigenvalue weighted by atomic mass is 28.4. The van der Waals surface area contributed by atoms with Gasteiger partial charge in [-0.2, -0.15) is 0 Å². The molecule has 0 aliphatic heterocycles. The van der Waals surface area contributed by atoms with E-state index in [9.17, 15) is 14.4 Å². The van der Waals surface area contributed by atoms with Crippen LogP contribution in [0.3, 0.4) is 0 Å². The Morgan fingerprint density at radius 2 is 1.66 bits per heavy atom. The Bertz CT molecular complexity index is 861. The van der Waals surface area contributed by atoms with Gasteiger partial charge in [0.1, 0.15) is 6.04 Å². The fourth-order valence-electron chi connectivity index (χ4n) is 3.85. The first-order valence-corrected chi connectivity index (χ1v) is 15.7. The lowest BCUT2D eigenvalue weighted by Crippen LogP contribution is -2.43. The molecule has 1 aromatic carbocycles. The Kier molecular flexibility index (Phi) is 10.5. The van der Waals surface area contributed by atoms with Crippen LogP contribution < -0.4 is 5.32 Å². The van der Waals surface area contributed by atoms with Crippen LogP contribution in [0.15, 0.2) is 24.3 Å². The highest BCUT2D eigenvalue weighted by Crippen LogP contribution is 2.44. The zero-order chi connectivity index (χ0) is 26.2. The molecule has 0 aromatic heterocycles. The number of amides is 1. The predicted molar refractivity (Wildman–Crippen MR) is 139 cm³/mol. The van der Waals surface area contributed by atoms with E-state index >= 15 is 0 Å². The van der Waals surface area contributed by atoms with E-state index in [0.29, 0.717) is 17.4 Å². The van der Waals surface area contributed by atoms with Crippen molar-refractivity contribution < 1.29 is 28.3 Å². The maximum Gasteiger partial charge on any atom is 0.328 e. The third-order valence-electron chi connectivity index (χ3n) is 7.30. The monoisotopic (exact) mass is 505 g/mol. The largest absolute Gasteiger partial charge is 0.466 e. The quantitative estimate of drug-likeness (QED) is 0.310. The number of rotatable bonds is 12. The molecule has 0 heterocycles. The van der Waals surface area contributed by atoms with Crippen LogP contribution in [0.5, 0.6) is 0 Å². The maximum atomic E-state index is 12.8. The van der Waals surface area contributed by atoms with Crippen LogP contribution in [0.25, 0.3) is 0 Å². The molecule has 1 N–H and O–H groups in total. The van der Waals surface area contributed by atoms with Crippen molar-refractivity contribution in [3.63, 3.8) is 0 Å². The van der Waals surface area contributed by atoms with Crippen molar-refractivity contribution >= 4 is 26.2 Å². The van der Waals surface area contributed by atoms with E-state index < -0.39 is 26.3 Å². The minimum absolute atomic E-state index is 0.0244. The molecule has 1 amide bonds. The van der Waals surface area contributed by atoms with Crippen LogP contribution in [-0.2, 0) is 23.5 Å². The first-order chi connectivity index (χ1) is 16.4. The highest BCUT2D eigenvalue weighted by molar-refractivity contribution is 6.74. The van der Waals surface area contributed by atoms with Gasteiger partial charge < -0.3 is 19.2 Å². The van der Waals surface area contributed by atoms with Gasteiger partial charge in [0.15, 0.2) is 8.32 Å². The van der Waals surface area contributed by atoms with Crippen molar-refractivity contribution in [1.82, 2.24) is 5.32 Å². The number of hydrogen-bond acceptors (Lipinski definition) is 6. The van der Waals surface area contributed by atoms with Crippen LogP contribution in [0.1, 0.15) is 82.1 Å².